The first kappa shape index (κ1) is 11.6. The maximum atomic E-state index is 9.05. The van der Waals surface area contributed by atoms with Gasteiger partial charge in [0.15, 0.2) is 0 Å². The Morgan fingerprint density at radius 3 is 2.53 bits per heavy atom. The van der Waals surface area contributed by atoms with Crippen molar-refractivity contribution in [1.82, 2.24) is 4.98 Å². The second-order valence-corrected chi connectivity index (χ2v) is 4.04. The van der Waals surface area contributed by atoms with E-state index in [1.165, 1.54) is 0 Å². The van der Waals surface area contributed by atoms with Crippen molar-refractivity contribution in [1.29, 1.82) is 0 Å². The first-order valence-electron chi connectivity index (χ1n) is 5.57. The Hall–Kier alpha value is -1.87. The molecule has 0 bridgehead atoms. The molecule has 0 spiro atoms. The summed E-state index contributed by atoms with van der Waals surface area (Å²) < 4.78 is 0. The third-order valence-corrected chi connectivity index (χ3v) is 2.75. The van der Waals surface area contributed by atoms with Crippen LogP contribution in [-0.2, 0) is 6.61 Å². The van der Waals surface area contributed by atoms with Crippen molar-refractivity contribution in [2.45, 2.75) is 13.5 Å². The van der Waals surface area contributed by atoms with Crippen molar-refractivity contribution in [2.75, 3.05) is 11.9 Å². The van der Waals surface area contributed by atoms with Gasteiger partial charge in [-0.15, -0.1) is 0 Å². The van der Waals surface area contributed by atoms with Gasteiger partial charge in [0.25, 0.3) is 0 Å². The number of aliphatic hydroxyl groups is 1. The standard InChI is InChI=1S/C14H16N2O/c1-11-8-12(10-17)9-15-14(11)16(2)13-6-4-3-5-7-13/h3-9,17H,10H2,1-2H3. The Morgan fingerprint density at radius 2 is 1.94 bits per heavy atom. The van der Waals surface area contributed by atoms with E-state index in [1.807, 2.05) is 55.3 Å². The van der Waals surface area contributed by atoms with Crippen molar-refractivity contribution in [3.8, 4) is 0 Å². The Morgan fingerprint density at radius 1 is 1.24 bits per heavy atom. The molecule has 2 rings (SSSR count). The lowest BCUT2D eigenvalue weighted by atomic mass is 10.2. The smallest absolute Gasteiger partial charge is 0.135 e. The lowest BCUT2D eigenvalue weighted by Gasteiger charge is -2.20. The molecule has 17 heavy (non-hydrogen) atoms. The zero-order valence-electron chi connectivity index (χ0n) is 10.1. The molecule has 0 radical (unpaired) electrons. The van der Waals surface area contributed by atoms with E-state index in [-0.39, 0.29) is 6.61 Å². The van der Waals surface area contributed by atoms with Gasteiger partial charge in [0.2, 0.25) is 0 Å². The number of benzene rings is 1. The highest BCUT2D eigenvalue weighted by atomic mass is 16.3. The molecule has 1 aromatic carbocycles. The van der Waals surface area contributed by atoms with Crippen LogP contribution in [0.1, 0.15) is 11.1 Å². The number of aryl methyl sites for hydroxylation is 1. The minimum Gasteiger partial charge on any atom is -0.392 e. The number of pyridine rings is 1. The Kier molecular flexibility index (Phi) is 3.40. The summed E-state index contributed by atoms with van der Waals surface area (Å²) >= 11 is 0. The van der Waals surface area contributed by atoms with Gasteiger partial charge in [-0.3, -0.25) is 0 Å². The molecule has 1 heterocycles. The third kappa shape index (κ3) is 2.45. The van der Waals surface area contributed by atoms with Crippen molar-refractivity contribution < 1.29 is 5.11 Å². The number of aromatic nitrogens is 1. The van der Waals surface area contributed by atoms with Gasteiger partial charge in [-0.2, -0.15) is 0 Å². The maximum Gasteiger partial charge on any atom is 0.135 e. The molecule has 0 aliphatic carbocycles. The highest BCUT2D eigenvalue weighted by Crippen LogP contribution is 2.24. The SMILES string of the molecule is Cc1cc(CO)cnc1N(C)c1ccccc1. The molecule has 0 aliphatic heterocycles. The van der Waals surface area contributed by atoms with Crippen molar-refractivity contribution in [2.24, 2.45) is 0 Å². The molecule has 0 saturated heterocycles. The van der Waals surface area contributed by atoms with E-state index in [9.17, 15) is 0 Å². The number of nitrogens with zero attached hydrogens (tertiary/aromatic N) is 2. The van der Waals surface area contributed by atoms with Crippen LogP contribution in [-0.4, -0.2) is 17.1 Å². The summed E-state index contributed by atoms with van der Waals surface area (Å²) in [4.78, 5) is 6.43. The predicted octanol–water partition coefficient (Wildman–Crippen LogP) is 2.65. The highest BCUT2D eigenvalue weighted by Gasteiger charge is 2.08. The van der Waals surface area contributed by atoms with Crippen LogP contribution in [0.25, 0.3) is 0 Å². The number of hydrogen-bond donors (Lipinski definition) is 1. The molecular formula is C14H16N2O. The minimum atomic E-state index is 0.0309. The Labute approximate surface area is 101 Å². The average Bonchev–Trinajstić information content (AvgIpc) is 2.39. The predicted molar refractivity (Wildman–Crippen MR) is 69.4 cm³/mol. The van der Waals surface area contributed by atoms with Crippen molar-refractivity contribution >= 4 is 11.5 Å². The van der Waals surface area contributed by atoms with Gasteiger partial charge in [0, 0.05) is 18.9 Å². The molecule has 3 heteroatoms. The Bertz CT molecular complexity index is 497. The summed E-state index contributed by atoms with van der Waals surface area (Å²) in [5.41, 5.74) is 3.00. The van der Waals surface area contributed by atoms with Gasteiger partial charge >= 0.3 is 0 Å². The Balaban J connectivity index is 2.34. The lowest BCUT2D eigenvalue weighted by molar-refractivity contribution is 0.281. The van der Waals surface area contributed by atoms with E-state index >= 15 is 0 Å². The van der Waals surface area contributed by atoms with Crippen LogP contribution in [0.15, 0.2) is 42.6 Å². The molecule has 0 amide bonds. The largest absolute Gasteiger partial charge is 0.392 e. The number of para-hydroxylation sites is 1. The van der Waals surface area contributed by atoms with Crippen LogP contribution in [0, 0.1) is 6.92 Å². The summed E-state index contributed by atoms with van der Waals surface area (Å²) in [5.74, 6) is 0.911. The zero-order valence-corrected chi connectivity index (χ0v) is 10.1. The molecule has 1 aromatic heterocycles. The molecule has 2 aromatic rings. The molecule has 0 aliphatic rings. The first-order valence-corrected chi connectivity index (χ1v) is 5.57. The number of aliphatic hydroxyl groups excluding tert-OH is 1. The van der Waals surface area contributed by atoms with Crippen LogP contribution in [0.3, 0.4) is 0 Å². The fourth-order valence-corrected chi connectivity index (χ4v) is 1.84. The minimum absolute atomic E-state index is 0.0309. The van der Waals surface area contributed by atoms with Crippen LogP contribution in [0.5, 0.6) is 0 Å². The van der Waals surface area contributed by atoms with Crippen LogP contribution >= 0.6 is 0 Å². The van der Waals surface area contributed by atoms with Crippen molar-refractivity contribution in [3.63, 3.8) is 0 Å². The van der Waals surface area contributed by atoms with Gasteiger partial charge in [-0.1, -0.05) is 18.2 Å². The van der Waals surface area contributed by atoms with E-state index in [0.717, 1.165) is 22.6 Å². The summed E-state index contributed by atoms with van der Waals surface area (Å²) in [7, 11) is 1.99. The van der Waals surface area contributed by atoms with Gasteiger partial charge in [-0.05, 0) is 36.2 Å². The van der Waals surface area contributed by atoms with Gasteiger partial charge in [0.1, 0.15) is 5.82 Å². The molecule has 1 N–H and O–H groups in total. The summed E-state index contributed by atoms with van der Waals surface area (Å²) in [6.45, 7) is 2.03. The molecule has 0 unspecified atom stereocenters. The number of hydrogen-bond acceptors (Lipinski definition) is 3. The van der Waals surface area contributed by atoms with E-state index in [2.05, 4.69) is 4.98 Å². The topological polar surface area (TPSA) is 36.4 Å². The third-order valence-electron chi connectivity index (χ3n) is 2.75. The summed E-state index contributed by atoms with van der Waals surface area (Å²) in [6, 6.07) is 12.0. The molecule has 0 saturated carbocycles. The van der Waals surface area contributed by atoms with Gasteiger partial charge in [-0.25, -0.2) is 4.98 Å². The molecule has 88 valence electrons. The van der Waals surface area contributed by atoms with E-state index < -0.39 is 0 Å². The fraction of sp³-hybridized carbons (Fsp3) is 0.214. The molecule has 3 nitrogen and oxygen atoms in total. The van der Waals surface area contributed by atoms with Crippen molar-refractivity contribution in [3.05, 3.63) is 53.7 Å². The van der Waals surface area contributed by atoms with E-state index in [4.69, 9.17) is 5.11 Å². The maximum absolute atomic E-state index is 9.05. The van der Waals surface area contributed by atoms with E-state index in [1.54, 1.807) is 6.20 Å². The molecule has 0 fully saturated rings. The molecule has 0 atom stereocenters. The number of anilines is 2. The lowest BCUT2D eigenvalue weighted by Crippen LogP contribution is -2.12. The normalized spacial score (nSPS) is 10.3. The van der Waals surface area contributed by atoms with E-state index in [0.29, 0.717) is 0 Å². The zero-order chi connectivity index (χ0) is 12.3. The van der Waals surface area contributed by atoms with Crippen LogP contribution < -0.4 is 4.90 Å². The number of rotatable bonds is 3. The highest BCUT2D eigenvalue weighted by molar-refractivity contribution is 5.61. The fourth-order valence-electron chi connectivity index (χ4n) is 1.84. The van der Waals surface area contributed by atoms with Gasteiger partial charge in [0.05, 0.1) is 6.61 Å². The second kappa shape index (κ2) is 4.97. The summed E-state index contributed by atoms with van der Waals surface area (Å²) in [5, 5.41) is 9.05. The summed E-state index contributed by atoms with van der Waals surface area (Å²) in [6.07, 6.45) is 1.71. The van der Waals surface area contributed by atoms with Crippen LogP contribution in [0.4, 0.5) is 11.5 Å². The first-order chi connectivity index (χ1) is 8.22. The second-order valence-electron chi connectivity index (χ2n) is 4.04. The quantitative estimate of drug-likeness (QED) is 0.877. The van der Waals surface area contributed by atoms with Gasteiger partial charge < -0.3 is 10.0 Å². The molecular weight excluding hydrogens is 212 g/mol. The monoisotopic (exact) mass is 228 g/mol. The van der Waals surface area contributed by atoms with Crippen LogP contribution in [0.2, 0.25) is 0 Å². The average molecular weight is 228 g/mol.